The van der Waals surface area contributed by atoms with Gasteiger partial charge in [-0.2, -0.15) is 0 Å². The first-order valence-electron chi connectivity index (χ1n) is 7.90. The Kier molecular flexibility index (Phi) is 5.91. The highest BCUT2D eigenvalue weighted by Crippen LogP contribution is 2.22. The van der Waals surface area contributed by atoms with Gasteiger partial charge in [0.2, 0.25) is 5.91 Å². The number of carbonyl (C=O) groups is 1. The lowest BCUT2D eigenvalue weighted by Crippen LogP contribution is -2.24. The van der Waals surface area contributed by atoms with Crippen molar-refractivity contribution < 1.29 is 13.2 Å². The molecule has 0 saturated heterocycles. The standard InChI is InChI=1S/C19H22ClNO3S/c1-19(2,3)15-6-4-14(5-7-15)12-25(23,24)13-18(22)21-17-10-8-16(20)9-11-17/h4-11H,12-13H2,1-3H3,(H,21,22). The van der Waals surface area contributed by atoms with Gasteiger partial charge >= 0.3 is 0 Å². The molecule has 2 aromatic rings. The highest BCUT2D eigenvalue weighted by molar-refractivity contribution is 7.91. The number of amides is 1. The quantitative estimate of drug-likeness (QED) is 0.847. The second-order valence-electron chi connectivity index (χ2n) is 7.03. The smallest absolute Gasteiger partial charge is 0.239 e. The average molecular weight is 380 g/mol. The van der Waals surface area contributed by atoms with E-state index in [2.05, 4.69) is 26.1 Å². The summed E-state index contributed by atoms with van der Waals surface area (Å²) in [7, 11) is -3.55. The number of rotatable bonds is 5. The maximum absolute atomic E-state index is 12.3. The molecule has 0 saturated carbocycles. The monoisotopic (exact) mass is 379 g/mol. The fraction of sp³-hybridized carbons (Fsp3) is 0.316. The summed E-state index contributed by atoms with van der Waals surface area (Å²) in [5, 5.41) is 3.11. The second-order valence-corrected chi connectivity index (χ2v) is 9.54. The van der Waals surface area contributed by atoms with Gasteiger partial charge in [-0.05, 0) is 40.8 Å². The molecule has 0 unspecified atom stereocenters. The van der Waals surface area contributed by atoms with Crippen LogP contribution in [0.2, 0.25) is 5.02 Å². The highest BCUT2D eigenvalue weighted by Gasteiger charge is 2.19. The summed E-state index contributed by atoms with van der Waals surface area (Å²) in [4.78, 5) is 12.0. The normalized spacial score (nSPS) is 12.0. The van der Waals surface area contributed by atoms with Gasteiger partial charge in [-0.1, -0.05) is 56.6 Å². The Bertz CT molecular complexity index is 836. The van der Waals surface area contributed by atoms with Crippen LogP contribution in [0.15, 0.2) is 48.5 Å². The van der Waals surface area contributed by atoms with Gasteiger partial charge in [-0.15, -0.1) is 0 Å². The number of carbonyl (C=O) groups excluding carboxylic acids is 1. The first-order valence-corrected chi connectivity index (χ1v) is 10.1. The lowest BCUT2D eigenvalue weighted by molar-refractivity contribution is -0.113. The lowest BCUT2D eigenvalue weighted by Gasteiger charge is -2.19. The van der Waals surface area contributed by atoms with E-state index in [1.54, 1.807) is 36.4 Å². The van der Waals surface area contributed by atoms with Gasteiger partial charge in [0.1, 0.15) is 5.75 Å². The van der Waals surface area contributed by atoms with Crippen LogP contribution in [0, 0.1) is 0 Å². The number of hydrogen-bond donors (Lipinski definition) is 1. The largest absolute Gasteiger partial charge is 0.325 e. The summed E-state index contributed by atoms with van der Waals surface area (Å²) in [5.74, 6) is -1.28. The van der Waals surface area contributed by atoms with Crippen molar-refractivity contribution in [2.75, 3.05) is 11.1 Å². The molecule has 0 bridgehead atoms. The van der Waals surface area contributed by atoms with E-state index in [1.165, 1.54) is 0 Å². The SMILES string of the molecule is CC(C)(C)c1ccc(CS(=O)(=O)CC(=O)Nc2ccc(Cl)cc2)cc1. The third-order valence-electron chi connectivity index (χ3n) is 3.69. The summed E-state index contributed by atoms with van der Waals surface area (Å²) in [6, 6.07) is 14.0. The van der Waals surface area contributed by atoms with Gasteiger partial charge in [-0.25, -0.2) is 8.42 Å². The third kappa shape index (κ3) is 6.18. The molecule has 0 aliphatic rings. The highest BCUT2D eigenvalue weighted by atomic mass is 35.5. The minimum Gasteiger partial charge on any atom is -0.325 e. The molecule has 25 heavy (non-hydrogen) atoms. The zero-order valence-corrected chi connectivity index (χ0v) is 16.1. The predicted octanol–water partition coefficient (Wildman–Crippen LogP) is 4.19. The fourth-order valence-corrected chi connectivity index (χ4v) is 3.74. The molecular formula is C19H22ClNO3S. The molecule has 0 aromatic heterocycles. The van der Waals surface area contributed by atoms with Crippen LogP contribution in [0.3, 0.4) is 0 Å². The number of hydrogen-bond acceptors (Lipinski definition) is 3. The van der Waals surface area contributed by atoms with E-state index in [1.807, 2.05) is 12.1 Å². The summed E-state index contributed by atoms with van der Waals surface area (Å²) in [5.41, 5.74) is 2.33. The third-order valence-corrected chi connectivity index (χ3v) is 5.41. The Morgan fingerprint density at radius 3 is 2.08 bits per heavy atom. The summed E-state index contributed by atoms with van der Waals surface area (Å²) >= 11 is 5.78. The molecule has 4 nitrogen and oxygen atoms in total. The molecule has 1 amide bonds. The Balaban J connectivity index is 1.99. The molecule has 0 aliphatic heterocycles. The van der Waals surface area contributed by atoms with Crippen molar-refractivity contribution in [3.63, 3.8) is 0 Å². The minimum atomic E-state index is -3.55. The van der Waals surface area contributed by atoms with Crippen LogP contribution in [0.4, 0.5) is 5.69 Å². The van der Waals surface area contributed by atoms with Crippen LogP contribution in [-0.2, 0) is 25.8 Å². The molecule has 0 heterocycles. The summed E-state index contributed by atoms with van der Waals surface area (Å²) < 4.78 is 24.5. The van der Waals surface area contributed by atoms with Crippen molar-refractivity contribution >= 4 is 33.0 Å². The number of nitrogens with one attached hydrogen (secondary N) is 1. The molecule has 134 valence electrons. The van der Waals surface area contributed by atoms with Crippen molar-refractivity contribution in [1.82, 2.24) is 0 Å². The van der Waals surface area contributed by atoms with Crippen LogP contribution in [0.1, 0.15) is 31.9 Å². The molecule has 1 N–H and O–H groups in total. The van der Waals surface area contributed by atoms with Gasteiger partial charge in [0.25, 0.3) is 0 Å². The van der Waals surface area contributed by atoms with Crippen LogP contribution in [0.25, 0.3) is 0 Å². The maximum atomic E-state index is 12.3. The number of halogens is 1. The van der Waals surface area contributed by atoms with Crippen molar-refractivity contribution in [2.45, 2.75) is 31.9 Å². The van der Waals surface area contributed by atoms with Crippen molar-refractivity contribution in [2.24, 2.45) is 0 Å². The van der Waals surface area contributed by atoms with E-state index in [0.29, 0.717) is 16.3 Å². The second kappa shape index (κ2) is 7.58. The molecule has 2 rings (SSSR count). The van der Waals surface area contributed by atoms with Gasteiger partial charge in [0, 0.05) is 10.7 Å². The molecule has 2 aromatic carbocycles. The Labute approximate surface area is 154 Å². The van der Waals surface area contributed by atoms with Gasteiger partial charge in [0.05, 0.1) is 5.75 Å². The van der Waals surface area contributed by atoms with E-state index >= 15 is 0 Å². The number of anilines is 1. The van der Waals surface area contributed by atoms with Crippen molar-refractivity contribution in [3.8, 4) is 0 Å². The zero-order chi connectivity index (χ0) is 18.7. The number of benzene rings is 2. The molecule has 0 atom stereocenters. The van der Waals surface area contributed by atoms with Crippen LogP contribution < -0.4 is 5.32 Å². The Hall–Kier alpha value is -1.85. The van der Waals surface area contributed by atoms with Gasteiger partial charge < -0.3 is 5.32 Å². The number of sulfone groups is 1. The summed E-state index contributed by atoms with van der Waals surface area (Å²) in [6.07, 6.45) is 0. The van der Waals surface area contributed by atoms with Crippen LogP contribution in [0.5, 0.6) is 0 Å². The van der Waals surface area contributed by atoms with E-state index in [4.69, 9.17) is 11.6 Å². The first kappa shape index (κ1) is 19.5. The van der Waals surface area contributed by atoms with Crippen LogP contribution >= 0.6 is 11.6 Å². The summed E-state index contributed by atoms with van der Waals surface area (Å²) in [6.45, 7) is 6.29. The van der Waals surface area contributed by atoms with Crippen LogP contribution in [-0.4, -0.2) is 20.1 Å². The first-order chi connectivity index (χ1) is 11.5. The fourth-order valence-electron chi connectivity index (χ4n) is 2.34. The molecular weight excluding hydrogens is 358 g/mol. The molecule has 6 heteroatoms. The Morgan fingerprint density at radius 1 is 1.00 bits per heavy atom. The van der Waals surface area contributed by atoms with E-state index in [9.17, 15) is 13.2 Å². The van der Waals surface area contributed by atoms with Crippen molar-refractivity contribution in [3.05, 3.63) is 64.7 Å². The topological polar surface area (TPSA) is 63.2 Å². The average Bonchev–Trinajstić information content (AvgIpc) is 2.48. The van der Waals surface area contributed by atoms with E-state index in [-0.39, 0.29) is 11.2 Å². The Morgan fingerprint density at radius 2 is 1.56 bits per heavy atom. The zero-order valence-electron chi connectivity index (χ0n) is 14.5. The molecule has 0 aliphatic carbocycles. The van der Waals surface area contributed by atoms with Gasteiger partial charge in [-0.3, -0.25) is 4.79 Å². The molecule has 0 fully saturated rings. The molecule has 0 radical (unpaired) electrons. The molecule has 0 spiro atoms. The lowest BCUT2D eigenvalue weighted by atomic mass is 9.87. The predicted molar refractivity (Wildman–Crippen MR) is 103 cm³/mol. The van der Waals surface area contributed by atoms with Crippen molar-refractivity contribution in [1.29, 1.82) is 0 Å². The van der Waals surface area contributed by atoms with E-state index < -0.39 is 21.5 Å². The minimum absolute atomic E-state index is 0.00979. The van der Waals surface area contributed by atoms with Gasteiger partial charge in [0.15, 0.2) is 9.84 Å². The maximum Gasteiger partial charge on any atom is 0.239 e. The van der Waals surface area contributed by atoms with E-state index in [0.717, 1.165) is 5.56 Å².